The van der Waals surface area contributed by atoms with Gasteiger partial charge in [-0.1, -0.05) is 30.3 Å². The summed E-state index contributed by atoms with van der Waals surface area (Å²) in [6, 6.07) is 10.2. The molecule has 2 saturated heterocycles. The third-order valence-electron chi connectivity index (χ3n) is 7.19. The van der Waals surface area contributed by atoms with Crippen LogP contribution in [0.15, 0.2) is 42.7 Å². The minimum atomic E-state index is -4.46. The molecule has 0 unspecified atom stereocenters. The Hall–Kier alpha value is -2.88. The zero-order valence-electron chi connectivity index (χ0n) is 20.9. The minimum Gasteiger partial charge on any atom is -0.338 e. The fraction of sp³-hybridized carbons (Fsp3) is 0.577. The molecule has 2 aromatic rings. The van der Waals surface area contributed by atoms with E-state index in [0.717, 1.165) is 51.3 Å². The summed E-state index contributed by atoms with van der Waals surface area (Å²) in [5.41, 5.74) is 0.476. The number of aromatic nitrogens is 2. The summed E-state index contributed by atoms with van der Waals surface area (Å²) in [4.78, 5) is 26.9. The Kier molecular flexibility index (Phi) is 8.33. The molecule has 10 heteroatoms. The zero-order chi connectivity index (χ0) is 25.7. The first-order valence-electron chi connectivity index (χ1n) is 12.7. The van der Waals surface area contributed by atoms with Crippen LogP contribution in [0, 0.1) is 5.92 Å². The first-order valence-corrected chi connectivity index (χ1v) is 12.7. The Morgan fingerprint density at radius 1 is 1.03 bits per heavy atom. The number of hydrogen-bond donors (Lipinski definition) is 1. The van der Waals surface area contributed by atoms with Gasteiger partial charge in [-0.3, -0.25) is 4.90 Å². The van der Waals surface area contributed by atoms with Gasteiger partial charge in [0.05, 0.1) is 5.56 Å². The van der Waals surface area contributed by atoms with Crippen LogP contribution in [-0.2, 0) is 12.7 Å². The second kappa shape index (κ2) is 11.5. The molecule has 0 aliphatic carbocycles. The second-order valence-electron chi connectivity index (χ2n) is 10.0. The lowest BCUT2D eigenvalue weighted by Crippen LogP contribution is -2.61. The van der Waals surface area contributed by atoms with E-state index in [-0.39, 0.29) is 24.1 Å². The van der Waals surface area contributed by atoms with Crippen LogP contribution in [0.1, 0.15) is 44.2 Å². The van der Waals surface area contributed by atoms with E-state index in [1.807, 2.05) is 29.7 Å². The van der Waals surface area contributed by atoms with Gasteiger partial charge in [0.1, 0.15) is 0 Å². The maximum atomic E-state index is 12.9. The molecule has 2 aliphatic rings. The Morgan fingerprint density at radius 3 is 2.22 bits per heavy atom. The predicted octanol–water partition coefficient (Wildman–Crippen LogP) is 4.41. The summed E-state index contributed by atoms with van der Waals surface area (Å²) >= 11 is 0. The number of likely N-dealkylation sites (tertiary alicyclic amines) is 1. The average molecular weight is 505 g/mol. The first kappa shape index (κ1) is 26.2. The van der Waals surface area contributed by atoms with Crippen molar-refractivity contribution in [1.82, 2.24) is 25.1 Å². The standard InChI is InChI=1S/C26H35F3N6O/c1-19-16-34(24-31-14-23(15-32-24)26(27,28)29)17-20(2)35(19)25(36)30-11-8-21-9-12-33(13-10-21)18-22-6-4-3-5-7-22/h3-7,14-15,19-21H,8-13,16-18H2,1-2H3,(H,30,36)/t19-,20-/m1/s1. The number of anilines is 1. The maximum Gasteiger partial charge on any atom is 0.419 e. The van der Waals surface area contributed by atoms with E-state index in [9.17, 15) is 18.0 Å². The molecule has 36 heavy (non-hydrogen) atoms. The highest BCUT2D eigenvalue weighted by atomic mass is 19.4. The van der Waals surface area contributed by atoms with Crippen LogP contribution in [0.2, 0.25) is 0 Å². The SMILES string of the molecule is C[C@@H]1CN(c2ncc(C(F)(F)F)cn2)C[C@@H](C)N1C(=O)NCCC1CCN(Cc2ccccc2)CC1. The van der Waals surface area contributed by atoms with Crippen LogP contribution in [0.3, 0.4) is 0 Å². The van der Waals surface area contributed by atoms with E-state index in [0.29, 0.717) is 25.6 Å². The molecular formula is C26H35F3N6O. The van der Waals surface area contributed by atoms with Gasteiger partial charge < -0.3 is 15.1 Å². The molecule has 1 N–H and O–H groups in total. The Bertz CT molecular complexity index is 967. The summed E-state index contributed by atoms with van der Waals surface area (Å²) in [5, 5.41) is 3.09. The average Bonchev–Trinajstić information content (AvgIpc) is 2.85. The number of alkyl halides is 3. The molecule has 2 fully saturated rings. The number of nitrogens with zero attached hydrogens (tertiary/aromatic N) is 5. The van der Waals surface area contributed by atoms with E-state index in [1.165, 1.54) is 5.56 Å². The van der Waals surface area contributed by atoms with Gasteiger partial charge in [0.15, 0.2) is 0 Å². The number of benzene rings is 1. The van der Waals surface area contributed by atoms with Crippen molar-refractivity contribution < 1.29 is 18.0 Å². The molecular weight excluding hydrogens is 469 g/mol. The van der Waals surface area contributed by atoms with Crippen molar-refractivity contribution in [3.05, 3.63) is 53.9 Å². The fourth-order valence-electron chi connectivity index (χ4n) is 5.27. The van der Waals surface area contributed by atoms with Gasteiger partial charge in [-0.05, 0) is 57.7 Å². The Balaban J connectivity index is 1.20. The second-order valence-corrected chi connectivity index (χ2v) is 10.0. The van der Waals surface area contributed by atoms with Crippen molar-refractivity contribution in [3.63, 3.8) is 0 Å². The number of carbonyl (C=O) groups is 1. The van der Waals surface area contributed by atoms with Crippen LogP contribution in [-0.4, -0.2) is 70.6 Å². The molecule has 196 valence electrons. The van der Waals surface area contributed by atoms with E-state index in [4.69, 9.17) is 0 Å². The van der Waals surface area contributed by atoms with E-state index < -0.39 is 11.7 Å². The summed E-state index contributed by atoms with van der Waals surface area (Å²) in [6.07, 6.45) is 0.399. The topological polar surface area (TPSA) is 64.6 Å². The fourth-order valence-corrected chi connectivity index (χ4v) is 5.27. The van der Waals surface area contributed by atoms with Crippen molar-refractivity contribution in [2.75, 3.05) is 37.6 Å². The highest BCUT2D eigenvalue weighted by molar-refractivity contribution is 5.75. The highest BCUT2D eigenvalue weighted by Crippen LogP contribution is 2.29. The number of halogens is 3. The third kappa shape index (κ3) is 6.66. The molecule has 2 atom stereocenters. The summed E-state index contributed by atoms with van der Waals surface area (Å²) < 4.78 is 38.4. The number of piperidine rings is 1. The molecule has 1 aromatic heterocycles. The zero-order valence-corrected chi connectivity index (χ0v) is 20.9. The maximum absolute atomic E-state index is 12.9. The van der Waals surface area contributed by atoms with Gasteiger partial charge in [-0.2, -0.15) is 13.2 Å². The van der Waals surface area contributed by atoms with Gasteiger partial charge in [-0.25, -0.2) is 14.8 Å². The van der Waals surface area contributed by atoms with Gasteiger partial charge in [0.25, 0.3) is 0 Å². The first-order chi connectivity index (χ1) is 17.2. The number of hydrogen-bond acceptors (Lipinski definition) is 5. The largest absolute Gasteiger partial charge is 0.419 e. The van der Waals surface area contributed by atoms with Crippen LogP contribution in [0.4, 0.5) is 23.9 Å². The van der Waals surface area contributed by atoms with E-state index in [2.05, 4.69) is 44.5 Å². The summed E-state index contributed by atoms with van der Waals surface area (Å²) in [6.45, 7) is 8.59. The van der Waals surface area contributed by atoms with Gasteiger partial charge in [0.2, 0.25) is 5.95 Å². The van der Waals surface area contributed by atoms with Crippen molar-refractivity contribution in [2.24, 2.45) is 5.92 Å². The summed E-state index contributed by atoms with van der Waals surface area (Å²) in [7, 11) is 0. The molecule has 0 spiro atoms. The molecule has 1 aromatic carbocycles. The molecule has 7 nitrogen and oxygen atoms in total. The number of piperazine rings is 1. The van der Waals surface area contributed by atoms with Crippen molar-refractivity contribution in [1.29, 1.82) is 0 Å². The number of nitrogens with one attached hydrogen (secondary N) is 1. The number of carbonyl (C=O) groups excluding carboxylic acids is 1. The lowest BCUT2D eigenvalue weighted by Gasteiger charge is -2.44. The van der Waals surface area contributed by atoms with Crippen molar-refractivity contribution in [3.8, 4) is 0 Å². The minimum absolute atomic E-state index is 0.0931. The smallest absolute Gasteiger partial charge is 0.338 e. The monoisotopic (exact) mass is 504 g/mol. The molecule has 2 amide bonds. The molecule has 4 rings (SSSR count). The van der Waals surface area contributed by atoms with Crippen molar-refractivity contribution in [2.45, 2.75) is 57.9 Å². The van der Waals surface area contributed by atoms with Gasteiger partial charge in [0, 0.05) is 50.7 Å². The van der Waals surface area contributed by atoms with Crippen LogP contribution >= 0.6 is 0 Å². The third-order valence-corrected chi connectivity index (χ3v) is 7.19. The quantitative estimate of drug-likeness (QED) is 0.632. The molecule has 0 radical (unpaired) electrons. The number of urea groups is 1. The molecule has 2 aliphatic heterocycles. The Labute approximate surface area is 210 Å². The van der Waals surface area contributed by atoms with E-state index in [1.54, 1.807) is 0 Å². The molecule has 0 saturated carbocycles. The lowest BCUT2D eigenvalue weighted by atomic mass is 9.93. The van der Waals surface area contributed by atoms with Crippen LogP contribution in [0.5, 0.6) is 0 Å². The highest BCUT2D eigenvalue weighted by Gasteiger charge is 2.35. The van der Waals surface area contributed by atoms with Crippen LogP contribution in [0.25, 0.3) is 0 Å². The lowest BCUT2D eigenvalue weighted by molar-refractivity contribution is -0.138. The number of rotatable bonds is 6. The molecule has 3 heterocycles. The van der Waals surface area contributed by atoms with Gasteiger partial charge >= 0.3 is 12.2 Å². The predicted molar refractivity (Wildman–Crippen MR) is 132 cm³/mol. The number of amides is 2. The van der Waals surface area contributed by atoms with E-state index >= 15 is 0 Å². The van der Waals surface area contributed by atoms with Crippen LogP contribution < -0.4 is 10.2 Å². The normalized spacial score (nSPS) is 22.0. The summed E-state index contributed by atoms with van der Waals surface area (Å²) in [5.74, 6) is 0.862. The van der Waals surface area contributed by atoms with Crippen molar-refractivity contribution >= 4 is 12.0 Å². The van der Waals surface area contributed by atoms with Gasteiger partial charge in [-0.15, -0.1) is 0 Å². The molecule has 0 bridgehead atoms. The Morgan fingerprint density at radius 2 is 1.64 bits per heavy atom.